The fourth-order valence-electron chi connectivity index (χ4n) is 1.89. The van der Waals surface area contributed by atoms with E-state index in [1.54, 1.807) is 12.3 Å². The minimum Gasteiger partial charge on any atom is -0.394 e. The number of aldehydes is 1. The summed E-state index contributed by atoms with van der Waals surface area (Å²) in [6, 6.07) is 1.64. The van der Waals surface area contributed by atoms with Crippen molar-refractivity contribution in [3.8, 4) is 0 Å². The minimum absolute atomic E-state index is 0.351. The Bertz CT molecular complexity index is 421. The molecule has 1 saturated heterocycles. The highest BCUT2D eigenvalue weighted by Gasteiger charge is 2.43. The lowest BCUT2D eigenvalue weighted by Crippen LogP contribution is -2.33. The first-order chi connectivity index (χ1) is 8.08. The van der Waals surface area contributed by atoms with Gasteiger partial charge in [-0.15, -0.1) is 0 Å². The number of carbonyl (C=O) groups excluding carboxylic acids is 1. The molecule has 7 heteroatoms. The van der Waals surface area contributed by atoms with Gasteiger partial charge in [0.1, 0.15) is 18.3 Å². The van der Waals surface area contributed by atoms with Gasteiger partial charge in [0.05, 0.1) is 12.3 Å². The van der Waals surface area contributed by atoms with Gasteiger partial charge in [-0.1, -0.05) is 0 Å². The summed E-state index contributed by atoms with van der Waals surface area (Å²) in [6.07, 6.45) is -1.74. The lowest BCUT2D eigenvalue weighted by Gasteiger charge is -2.17. The molecule has 2 rings (SSSR count). The summed E-state index contributed by atoms with van der Waals surface area (Å²) in [5.41, 5.74) is 0.351. The van der Waals surface area contributed by atoms with Crippen LogP contribution in [-0.4, -0.2) is 51.1 Å². The van der Waals surface area contributed by atoms with E-state index in [0.29, 0.717) is 12.0 Å². The van der Waals surface area contributed by atoms with Gasteiger partial charge in [0.25, 0.3) is 0 Å². The van der Waals surface area contributed by atoms with Crippen molar-refractivity contribution < 1.29 is 24.9 Å². The first-order valence-corrected chi connectivity index (χ1v) is 6.11. The maximum absolute atomic E-state index is 10.9. The van der Waals surface area contributed by atoms with E-state index in [-0.39, 0.29) is 6.61 Å². The molecule has 0 amide bonds. The molecular formula is C10H12INO5. The first-order valence-electron chi connectivity index (χ1n) is 5.03. The average Bonchev–Trinajstić information content (AvgIpc) is 2.82. The largest absolute Gasteiger partial charge is 0.394 e. The second-order valence-electron chi connectivity index (χ2n) is 3.84. The van der Waals surface area contributed by atoms with E-state index in [1.807, 2.05) is 22.6 Å². The van der Waals surface area contributed by atoms with Crippen LogP contribution in [0.25, 0.3) is 0 Å². The fraction of sp³-hybridized carbons (Fsp3) is 0.500. The van der Waals surface area contributed by atoms with Crippen molar-refractivity contribution in [2.45, 2.75) is 24.5 Å². The van der Waals surface area contributed by atoms with Crippen LogP contribution in [-0.2, 0) is 4.74 Å². The Balaban J connectivity index is 2.31. The molecule has 1 aromatic rings. The fourth-order valence-corrected chi connectivity index (χ4v) is 2.50. The number of rotatable bonds is 3. The van der Waals surface area contributed by atoms with E-state index in [0.717, 1.165) is 3.57 Å². The molecule has 0 saturated carbocycles. The van der Waals surface area contributed by atoms with Gasteiger partial charge < -0.3 is 24.6 Å². The highest BCUT2D eigenvalue weighted by atomic mass is 127. The molecule has 1 aliphatic rings. The maximum Gasteiger partial charge on any atom is 0.166 e. The second kappa shape index (κ2) is 5.02. The van der Waals surface area contributed by atoms with Gasteiger partial charge in [-0.05, 0) is 28.7 Å². The van der Waals surface area contributed by atoms with Crippen LogP contribution in [0.15, 0.2) is 12.3 Å². The van der Waals surface area contributed by atoms with Crippen LogP contribution in [0, 0.1) is 3.57 Å². The van der Waals surface area contributed by atoms with Crippen molar-refractivity contribution in [2.24, 2.45) is 0 Å². The summed E-state index contributed by atoms with van der Waals surface area (Å²) >= 11 is 2.03. The number of aliphatic hydroxyl groups is 3. The molecule has 4 atom stereocenters. The van der Waals surface area contributed by atoms with Crippen LogP contribution in [0.4, 0.5) is 0 Å². The predicted molar refractivity (Wildman–Crippen MR) is 65.5 cm³/mol. The number of halogens is 1. The number of nitrogens with zero attached hydrogens (tertiary/aromatic N) is 1. The lowest BCUT2D eigenvalue weighted by atomic mass is 10.1. The third-order valence-corrected chi connectivity index (χ3v) is 3.35. The maximum atomic E-state index is 10.9. The second-order valence-corrected chi connectivity index (χ2v) is 5.08. The number of hydrogen-bond donors (Lipinski definition) is 3. The molecule has 0 aliphatic carbocycles. The molecule has 94 valence electrons. The van der Waals surface area contributed by atoms with Crippen molar-refractivity contribution in [3.63, 3.8) is 0 Å². The lowest BCUT2D eigenvalue weighted by molar-refractivity contribution is -0.0531. The van der Waals surface area contributed by atoms with Crippen LogP contribution < -0.4 is 0 Å². The molecule has 3 N–H and O–H groups in total. The Labute approximate surface area is 111 Å². The van der Waals surface area contributed by atoms with Gasteiger partial charge >= 0.3 is 0 Å². The molecule has 17 heavy (non-hydrogen) atoms. The van der Waals surface area contributed by atoms with Gasteiger partial charge in [-0.2, -0.15) is 0 Å². The summed E-state index contributed by atoms with van der Waals surface area (Å²) in [5.74, 6) is 0. The van der Waals surface area contributed by atoms with Crippen LogP contribution in [0.1, 0.15) is 16.7 Å². The summed E-state index contributed by atoms with van der Waals surface area (Å²) in [5, 5.41) is 28.4. The van der Waals surface area contributed by atoms with Crippen molar-refractivity contribution >= 4 is 28.9 Å². The molecule has 0 unspecified atom stereocenters. The van der Waals surface area contributed by atoms with Crippen molar-refractivity contribution in [2.75, 3.05) is 6.61 Å². The van der Waals surface area contributed by atoms with E-state index in [2.05, 4.69) is 0 Å². The SMILES string of the molecule is O=Cc1cc(I)cn1[C@@H]1O[C@H](CO)[C@@H](O)[C@H]1O. The van der Waals surface area contributed by atoms with Gasteiger partial charge in [0, 0.05) is 9.77 Å². The quantitative estimate of drug-likeness (QED) is 0.504. The molecular weight excluding hydrogens is 341 g/mol. The monoisotopic (exact) mass is 353 g/mol. The first kappa shape index (κ1) is 13.0. The molecule has 2 heterocycles. The Morgan fingerprint density at radius 1 is 1.47 bits per heavy atom. The molecule has 6 nitrogen and oxygen atoms in total. The van der Waals surface area contributed by atoms with Crippen LogP contribution in [0.3, 0.4) is 0 Å². The number of aromatic nitrogens is 1. The smallest absolute Gasteiger partial charge is 0.166 e. The van der Waals surface area contributed by atoms with Crippen molar-refractivity contribution in [1.29, 1.82) is 0 Å². The molecule has 0 spiro atoms. The molecule has 0 radical (unpaired) electrons. The van der Waals surface area contributed by atoms with Crippen molar-refractivity contribution in [3.05, 3.63) is 21.5 Å². The highest BCUT2D eigenvalue weighted by molar-refractivity contribution is 14.1. The summed E-state index contributed by atoms with van der Waals surface area (Å²) < 4.78 is 7.61. The van der Waals surface area contributed by atoms with E-state index >= 15 is 0 Å². The van der Waals surface area contributed by atoms with Crippen LogP contribution in [0.2, 0.25) is 0 Å². The van der Waals surface area contributed by atoms with Crippen molar-refractivity contribution in [1.82, 2.24) is 4.57 Å². The topological polar surface area (TPSA) is 91.9 Å². The molecule has 0 aromatic carbocycles. The average molecular weight is 353 g/mol. The van der Waals surface area contributed by atoms with Gasteiger partial charge in [0.2, 0.25) is 0 Å². The molecule has 0 bridgehead atoms. The molecule has 1 aliphatic heterocycles. The zero-order chi connectivity index (χ0) is 12.6. The van der Waals surface area contributed by atoms with E-state index in [4.69, 9.17) is 9.84 Å². The Kier molecular flexibility index (Phi) is 3.83. The van der Waals surface area contributed by atoms with Crippen LogP contribution >= 0.6 is 22.6 Å². The highest BCUT2D eigenvalue weighted by Crippen LogP contribution is 2.31. The van der Waals surface area contributed by atoms with Gasteiger partial charge in [-0.25, -0.2) is 0 Å². The number of hydrogen-bond acceptors (Lipinski definition) is 5. The van der Waals surface area contributed by atoms with Crippen LogP contribution in [0.5, 0.6) is 0 Å². The molecule has 1 aromatic heterocycles. The number of carbonyl (C=O) groups is 1. The summed E-state index contributed by atoms with van der Waals surface area (Å²) in [7, 11) is 0. The number of aliphatic hydroxyl groups excluding tert-OH is 3. The third-order valence-electron chi connectivity index (χ3n) is 2.76. The Morgan fingerprint density at radius 2 is 2.18 bits per heavy atom. The standard InChI is InChI=1S/C10H12INO5/c11-5-1-6(3-13)12(2-5)10-9(16)8(15)7(4-14)17-10/h1-3,7-10,14-16H,4H2/t7-,8-,9-,10-/m1/s1. The Hall–Kier alpha value is -0.480. The third kappa shape index (κ3) is 2.25. The Morgan fingerprint density at radius 3 is 2.71 bits per heavy atom. The normalized spacial score (nSPS) is 32.9. The zero-order valence-electron chi connectivity index (χ0n) is 8.73. The zero-order valence-corrected chi connectivity index (χ0v) is 10.9. The number of ether oxygens (including phenoxy) is 1. The predicted octanol–water partition coefficient (Wildman–Crippen LogP) is -0.483. The molecule has 1 fully saturated rings. The summed E-state index contributed by atoms with van der Waals surface area (Å²) in [4.78, 5) is 10.9. The van der Waals surface area contributed by atoms with E-state index in [1.165, 1.54) is 4.57 Å². The van der Waals surface area contributed by atoms with E-state index in [9.17, 15) is 15.0 Å². The van der Waals surface area contributed by atoms with Gasteiger partial charge in [0.15, 0.2) is 12.5 Å². The minimum atomic E-state index is -1.17. The van der Waals surface area contributed by atoms with E-state index < -0.39 is 24.5 Å². The summed E-state index contributed by atoms with van der Waals surface area (Å²) in [6.45, 7) is -0.385. The van der Waals surface area contributed by atoms with Gasteiger partial charge in [-0.3, -0.25) is 4.79 Å².